The van der Waals surface area contributed by atoms with Crippen LogP contribution in [0.1, 0.15) is 12.0 Å². The average Bonchev–Trinajstić information content (AvgIpc) is 3.23. The lowest BCUT2D eigenvalue weighted by Gasteiger charge is -2.15. The second-order valence-corrected chi connectivity index (χ2v) is 6.04. The first-order valence-electron chi connectivity index (χ1n) is 8.00. The number of alkyl halides is 3. The van der Waals surface area contributed by atoms with Crippen LogP contribution in [0.25, 0.3) is 22.2 Å². The number of hydrogen-bond acceptors (Lipinski definition) is 4. The fraction of sp³-hybridized carbons (Fsp3) is 0.294. The molecule has 0 amide bonds. The quantitative estimate of drug-likeness (QED) is 0.679. The largest absolute Gasteiger partial charge is 0.419 e. The van der Waals surface area contributed by atoms with Gasteiger partial charge in [0.05, 0.1) is 5.69 Å². The summed E-state index contributed by atoms with van der Waals surface area (Å²) in [6, 6.07) is 7.33. The third kappa shape index (κ3) is 3.05. The second-order valence-electron chi connectivity index (χ2n) is 6.04. The van der Waals surface area contributed by atoms with E-state index in [-0.39, 0.29) is 17.7 Å². The zero-order valence-electron chi connectivity index (χ0n) is 13.2. The maximum Gasteiger partial charge on any atom is 0.419 e. The van der Waals surface area contributed by atoms with Gasteiger partial charge in [-0.3, -0.25) is 0 Å². The van der Waals surface area contributed by atoms with E-state index in [0.29, 0.717) is 10.9 Å². The van der Waals surface area contributed by atoms with Gasteiger partial charge in [-0.1, -0.05) is 18.2 Å². The molecule has 0 aliphatic carbocycles. The second kappa shape index (κ2) is 6.03. The Hall–Kier alpha value is -2.61. The molecule has 3 aromatic rings. The molecular formula is C17H16F3N5. The van der Waals surface area contributed by atoms with Gasteiger partial charge in [-0.15, -0.1) is 0 Å². The summed E-state index contributed by atoms with van der Waals surface area (Å²) in [6.45, 7) is 1.61. The molecular weight excluding hydrogens is 331 g/mol. The van der Waals surface area contributed by atoms with Gasteiger partial charge in [0, 0.05) is 41.4 Å². The Labute approximate surface area is 141 Å². The molecule has 1 aliphatic heterocycles. The highest BCUT2D eigenvalue weighted by Gasteiger charge is 2.36. The van der Waals surface area contributed by atoms with E-state index in [2.05, 4.69) is 25.6 Å². The number of rotatable bonds is 3. The predicted molar refractivity (Wildman–Crippen MR) is 89.2 cm³/mol. The summed E-state index contributed by atoms with van der Waals surface area (Å²) in [5.41, 5.74) is 0.220. The fourth-order valence-corrected chi connectivity index (χ4v) is 3.09. The minimum absolute atomic E-state index is 0.117. The monoisotopic (exact) mass is 347 g/mol. The Morgan fingerprint density at radius 1 is 1.20 bits per heavy atom. The van der Waals surface area contributed by atoms with Crippen molar-refractivity contribution in [3.8, 4) is 11.3 Å². The molecule has 0 radical (unpaired) electrons. The van der Waals surface area contributed by atoms with Crippen LogP contribution in [0, 0.1) is 0 Å². The number of nitrogens with zero attached hydrogens (tertiary/aromatic N) is 2. The van der Waals surface area contributed by atoms with Crippen molar-refractivity contribution < 1.29 is 13.2 Å². The minimum Gasteiger partial charge on any atom is -0.360 e. The normalized spacial score (nSPS) is 18.0. The van der Waals surface area contributed by atoms with E-state index in [1.807, 2.05) is 12.1 Å². The van der Waals surface area contributed by atoms with Crippen molar-refractivity contribution in [1.29, 1.82) is 0 Å². The Morgan fingerprint density at radius 3 is 2.80 bits per heavy atom. The van der Waals surface area contributed by atoms with Crippen LogP contribution >= 0.6 is 0 Å². The molecule has 0 spiro atoms. The Morgan fingerprint density at radius 2 is 2.04 bits per heavy atom. The molecule has 130 valence electrons. The average molecular weight is 347 g/mol. The minimum atomic E-state index is -4.53. The number of H-pyrrole nitrogens is 1. The van der Waals surface area contributed by atoms with Gasteiger partial charge < -0.3 is 15.6 Å². The molecule has 1 fully saturated rings. The van der Waals surface area contributed by atoms with Crippen molar-refractivity contribution in [2.75, 3.05) is 18.4 Å². The van der Waals surface area contributed by atoms with E-state index < -0.39 is 11.7 Å². The van der Waals surface area contributed by atoms with Gasteiger partial charge in [-0.05, 0) is 19.0 Å². The standard InChI is InChI=1S/C17H16F3N5/c18-17(19,20)13-9-23-16(24-10-5-6-21-7-10)25-15(13)12-8-22-14-4-2-1-3-11(12)14/h1-4,8-10,21-22H,5-7H2,(H,23,24,25)/t10-/m1/s1. The highest BCUT2D eigenvalue weighted by molar-refractivity contribution is 5.95. The summed E-state index contributed by atoms with van der Waals surface area (Å²) in [5, 5.41) is 6.99. The lowest BCUT2D eigenvalue weighted by atomic mass is 10.1. The van der Waals surface area contributed by atoms with E-state index in [0.717, 1.165) is 31.2 Å². The van der Waals surface area contributed by atoms with E-state index in [9.17, 15) is 13.2 Å². The maximum atomic E-state index is 13.5. The van der Waals surface area contributed by atoms with Crippen molar-refractivity contribution in [3.63, 3.8) is 0 Å². The first kappa shape index (κ1) is 15.9. The van der Waals surface area contributed by atoms with Gasteiger partial charge in [-0.25, -0.2) is 9.97 Å². The van der Waals surface area contributed by atoms with Gasteiger partial charge in [0.25, 0.3) is 0 Å². The SMILES string of the molecule is FC(F)(F)c1cnc(N[C@@H]2CCNC2)nc1-c1c[nH]c2ccccc12. The zero-order valence-corrected chi connectivity index (χ0v) is 13.2. The van der Waals surface area contributed by atoms with E-state index in [4.69, 9.17) is 0 Å². The van der Waals surface area contributed by atoms with Gasteiger partial charge >= 0.3 is 6.18 Å². The molecule has 5 nitrogen and oxygen atoms in total. The van der Waals surface area contributed by atoms with Crippen LogP contribution in [-0.2, 0) is 6.18 Å². The number of anilines is 1. The van der Waals surface area contributed by atoms with Crippen LogP contribution in [0.5, 0.6) is 0 Å². The van der Waals surface area contributed by atoms with Gasteiger partial charge in [0.1, 0.15) is 5.56 Å². The van der Waals surface area contributed by atoms with Crippen LogP contribution in [0.4, 0.5) is 19.1 Å². The fourth-order valence-electron chi connectivity index (χ4n) is 3.09. The zero-order chi connectivity index (χ0) is 17.4. The summed E-state index contributed by atoms with van der Waals surface area (Å²) in [6.07, 6.45) is -1.23. The summed E-state index contributed by atoms with van der Waals surface area (Å²) in [5.74, 6) is 0.210. The highest BCUT2D eigenvalue weighted by atomic mass is 19.4. The first-order valence-corrected chi connectivity index (χ1v) is 8.00. The molecule has 2 aromatic heterocycles. The van der Waals surface area contributed by atoms with Gasteiger partial charge in [-0.2, -0.15) is 13.2 Å². The molecule has 4 rings (SSSR count). The summed E-state index contributed by atoms with van der Waals surface area (Å²) in [7, 11) is 0. The van der Waals surface area contributed by atoms with Crippen LogP contribution in [0.2, 0.25) is 0 Å². The van der Waals surface area contributed by atoms with Gasteiger partial charge in [0.2, 0.25) is 5.95 Å². The molecule has 0 saturated carbocycles. The molecule has 1 saturated heterocycles. The topological polar surface area (TPSA) is 65.6 Å². The van der Waals surface area contributed by atoms with Crippen LogP contribution in [0.3, 0.4) is 0 Å². The molecule has 1 aromatic carbocycles. The smallest absolute Gasteiger partial charge is 0.360 e. The molecule has 3 N–H and O–H groups in total. The Balaban J connectivity index is 1.82. The number of halogens is 3. The number of fused-ring (bicyclic) bond motifs is 1. The Bertz CT molecular complexity index is 897. The third-order valence-electron chi connectivity index (χ3n) is 4.33. The molecule has 3 heterocycles. The molecule has 8 heteroatoms. The van der Waals surface area contributed by atoms with Crippen molar-refractivity contribution >= 4 is 16.9 Å². The molecule has 1 aliphatic rings. The van der Waals surface area contributed by atoms with E-state index in [1.165, 1.54) is 0 Å². The van der Waals surface area contributed by atoms with Crippen molar-refractivity contribution in [2.45, 2.75) is 18.6 Å². The first-order chi connectivity index (χ1) is 12.0. The van der Waals surface area contributed by atoms with Crippen molar-refractivity contribution in [3.05, 3.63) is 42.2 Å². The van der Waals surface area contributed by atoms with Crippen molar-refractivity contribution in [1.82, 2.24) is 20.3 Å². The molecule has 0 bridgehead atoms. The van der Waals surface area contributed by atoms with Crippen LogP contribution < -0.4 is 10.6 Å². The lowest BCUT2D eigenvalue weighted by molar-refractivity contribution is -0.137. The number of aromatic nitrogens is 3. The molecule has 25 heavy (non-hydrogen) atoms. The number of nitrogens with one attached hydrogen (secondary N) is 3. The van der Waals surface area contributed by atoms with Gasteiger partial charge in [0.15, 0.2) is 0 Å². The maximum absolute atomic E-state index is 13.5. The Kier molecular flexibility index (Phi) is 3.84. The van der Waals surface area contributed by atoms with E-state index >= 15 is 0 Å². The third-order valence-corrected chi connectivity index (χ3v) is 4.33. The number of benzene rings is 1. The molecule has 0 unspecified atom stereocenters. The summed E-state index contributed by atoms with van der Waals surface area (Å²) < 4.78 is 40.4. The number of hydrogen-bond donors (Lipinski definition) is 3. The van der Waals surface area contributed by atoms with Crippen LogP contribution in [0.15, 0.2) is 36.7 Å². The number of aromatic amines is 1. The van der Waals surface area contributed by atoms with Crippen molar-refractivity contribution in [2.24, 2.45) is 0 Å². The summed E-state index contributed by atoms with van der Waals surface area (Å²) in [4.78, 5) is 11.1. The lowest BCUT2D eigenvalue weighted by Crippen LogP contribution is -2.24. The number of para-hydroxylation sites is 1. The summed E-state index contributed by atoms with van der Waals surface area (Å²) >= 11 is 0. The predicted octanol–water partition coefficient (Wildman–Crippen LogP) is 3.42. The molecule has 1 atom stereocenters. The highest BCUT2D eigenvalue weighted by Crippen LogP contribution is 2.38. The van der Waals surface area contributed by atoms with E-state index in [1.54, 1.807) is 18.3 Å². The van der Waals surface area contributed by atoms with Crippen LogP contribution in [-0.4, -0.2) is 34.1 Å².